The number of rotatable bonds is 9. The smallest absolute Gasteiger partial charge is 0.0716 e. The molecule has 20 heavy (non-hydrogen) atoms. The number of ether oxygens (including phenoxy) is 1. The number of nitrogens with one attached hydrogen (secondary N) is 1. The van der Waals surface area contributed by atoms with Crippen LogP contribution in [0, 0.1) is 0 Å². The highest BCUT2D eigenvalue weighted by Crippen LogP contribution is 2.01. The molecule has 106 valence electrons. The minimum Gasteiger partial charge on any atom is -0.377 e. The van der Waals surface area contributed by atoms with Gasteiger partial charge in [0.15, 0.2) is 0 Å². The Morgan fingerprint density at radius 2 is 1.40 bits per heavy atom. The highest BCUT2D eigenvalue weighted by molar-refractivity contribution is 5.14. The Morgan fingerprint density at radius 3 is 2.10 bits per heavy atom. The Balaban J connectivity index is 1.44. The fourth-order valence-electron chi connectivity index (χ4n) is 2.05. The molecule has 0 heterocycles. The normalized spacial score (nSPS) is 10.6. The molecule has 2 nitrogen and oxygen atoms in total. The van der Waals surface area contributed by atoms with Crippen molar-refractivity contribution in [3.05, 3.63) is 71.8 Å². The summed E-state index contributed by atoms with van der Waals surface area (Å²) < 4.78 is 5.66. The summed E-state index contributed by atoms with van der Waals surface area (Å²) in [6.07, 6.45) is 2.26. The van der Waals surface area contributed by atoms with Crippen LogP contribution in [0.4, 0.5) is 0 Å². The van der Waals surface area contributed by atoms with Gasteiger partial charge in [-0.3, -0.25) is 0 Å². The fourth-order valence-corrected chi connectivity index (χ4v) is 2.05. The van der Waals surface area contributed by atoms with Crippen LogP contribution in [0.15, 0.2) is 60.7 Å². The van der Waals surface area contributed by atoms with Crippen LogP contribution in [0.1, 0.15) is 24.0 Å². The summed E-state index contributed by atoms with van der Waals surface area (Å²) in [5.41, 5.74) is 2.59. The zero-order valence-corrected chi connectivity index (χ0v) is 11.9. The Kier molecular flexibility index (Phi) is 6.86. The summed E-state index contributed by atoms with van der Waals surface area (Å²) >= 11 is 0. The van der Waals surface area contributed by atoms with Gasteiger partial charge in [0.2, 0.25) is 0 Å². The molecular formula is C18H23NO. The maximum atomic E-state index is 5.66. The lowest BCUT2D eigenvalue weighted by Gasteiger charge is -2.06. The highest BCUT2D eigenvalue weighted by atomic mass is 16.5. The van der Waals surface area contributed by atoms with Crippen LogP contribution in [0.2, 0.25) is 0 Å². The molecular weight excluding hydrogens is 246 g/mol. The second-order valence-electron chi connectivity index (χ2n) is 4.91. The van der Waals surface area contributed by atoms with Crippen LogP contribution in [-0.4, -0.2) is 13.2 Å². The van der Waals surface area contributed by atoms with E-state index < -0.39 is 0 Å². The van der Waals surface area contributed by atoms with Crippen molar-refractivity contribution in [2.45, 2.75) is 26.0 Å². The van der Waals surface area contributed by atoms with Crippen LogP contribution >= 0.6 is 0 Å². The van der Waals surface area contributed by atoms with Gasteiger partial charge in [-0.15, -0.1) is 0 Å². The molecule has 0 aromatic heterocycles. The first kappa shape index (κ1) is 14.8. The van der Waals surface area contributed by atoms with Crippen molar-refractivity contribution in [2.75, 3.05) is 13.2 Å². The van der Waals surface area contributed by atoms with E-state index in [1.165, 1.54) is 11.1 Å². The lowest BCUT2D eigenvalue weighted by molar-refractivity contribution is 0.117. The highest BCUT2D eigenvalue weighted by Gasteiger charge is 1.94. The van der Waals surface area contributed by atoms with Gasteiger partial charge in [0.1, 0.15) is 0 Å². The van der Waals surface area contributed by atoms with Crippen LogP contribution in [0.3, 0.4) is 0 Å². The van der Waals surface area contributed by atoms with E-state index in [1.54, 1.807) is 0 Å². The molecule has 0 aliphatic heterocycles. The molecule has 2 aromatic rings. The van der Waals surface area contributed by atoms with E-state index in [0.717, 1.165) is 39.1 Å². The van der Waals surface area contributed by atoms with Crippen molar-refractivity contribution >= 4 is 0 Å². The molecule has 2 aromatic carbocycles. The standard InChI is InChI=1S/C18H23NO/c1-3-9-17(10-4-1)15-19-13-7-8-14-20-16-18-11-5-2-6-12-18/h1-6,9-12,19H,7-8,13-16H2. The Bertz CT molecular complexity index is 410. The molecule has 0 saturated carbocycles. The first-order valence-corrected chi connectivity index (χ1v) is 7.31. The van der Waals surface area contributed by atoms with Gasteiger partial charge in [-0.2, -0.15) is 0 Å². The van der Waals surface area contributed by atoms with Gasteiger partial charge in [0, 0.05) is 13.2 Å². The number of hydrogen-bond acceptors (Lipinski definition) is 2. The average Bonchev–Trinajstić information content (AvgIpc) is 2.52. The third-order valence-electron chi connectivity index (χ3n) is 3.18. The minimum atomic E-state index is 0.721. The van der Waals surface area contributed by atoms with Crippen LogP contribution < -0.4 is 5.32 Å². The fraction of sp³-hybridized carbons (Fsp3) is 0.333. The first-order chi connectivity index (χ1) is 9.95. The van der Waals surface area contributed by atoms with E-state index in [4.69, 9.17) is 4.74 Å². The summed E-state index contributed by atoms with van der Waals surface area (Å²) in [5.74, 6) is 0. The monoisotopic (exact) mass is 269 g/mol. The van der Waals surface area contributed by atoms with Gasteiger partial charge in [-0.25, -0.2) is 0 Å². The predicted octanol–water partition coefficient (Wildman–Crippen LogP) is 3.77. The van der Waals surface area contributed by atoms with Crippen molar-refractivity contribution in [2.24, 2.45) is 0 Å². The molecule has 1 N–H and O–H groups in total. The Labute approximate surface area is 121 Å². The molecule has 0 aliphatic rings. The third kappa shape index (κ3) is 6.00. The van der Waals surface area contributed by atoms with E-state index in [9.17, 15) is 0 Å². The van der Waals surface area contributed by atoms with Gasteiger partial charge < -0.3 is 10.1 Å². The van der Waals surface area contributed by atoms with E-state index >= 15 is 0 Å². The van der Waals surface area contributed by atoms with E-state index in [2.05, 4.69) is 41.7 Å². The molecule has 0 atom stereocenters. The van der Waals surface area contributed by atoms with Gasteiger partial charge in [-0.1, -0.05) is 60.7 Å². The molecule has 0 saturated heterocycles. The maximum absolute atomic E-state index is 5.66. The summed E-state index contributed by atoms with van der Waals surface area (Å²) in [6.45, 7) is 3.55. The largest absolute Gasteiger partial charge is 0.377 e. The maximum Gasteiger partial charge on any atom is 0.0716 e. The number of hydrogen-bond donors (Lipinski definition) is 1. The van der Waals surface area contributed by atoms with Crippen LogP contribution in [0.5, 0.6) is 0 Å². The molecule has 2 rings (SSSR count). The molecule has 0 unspecified atom stereocenters. The summed E-state index contributed by atoms with van der Waals surface area (Å²) in [4.78, 5) is 0. The summed E-state index contributed by atoms with van der Waals surface area (Å²) in [7, 11) is 0. The summed E-state index contributed by atoms with van der Waals surface area (Å²) in [5, 5.41) is 3.45. The van der Waals surface area contributed by atoms with Gasteiger partial charge in [-0.05, 0) is 30.5 Å². The van der Waals surface area contributed by atoms with E-state index in [0.29, 0.717) is 0 Å². The Hall–Kier alpha value is -1.64. The van der Waals surface area contributed by atoms with E-state index in [1.807, 2.05) is 24.3 Å². The third-order valence-corrected chi connectivity index (χ3v) is 3.18. The molecule has 0 aliphatic carbocycles. The number of benzene rings is 2. The van der Waals surface area contributed by atoms with Gasteiger partial charge >= 0.3 is 0 Å². The number of unbranched alkanes of at least 4 members (excludes halogenated alkanes) is 1. The average molecular weight is 269 g/mol. The second kappa shape index (κ2) is 9.29. The minimum absolute atomic E-state index is 0.721. The quantitative estimate of drug-likeness (QED) is 0.700. The van der Waals surface area contributed by atoms with Crippen molar-refractivity contribution in [3.8, 4) is 0 Å². The SMILES string of the molecule is c1ccc(CNCCCCOCc2ccccc2)cc1. The summed E-state index contributed by atoms with van der Waals surface area (Å²) in [6, 6.07) is 20.8. The van der Waals surface area contributed by atoms with Crippen molar-refractivity contribution in [1.29, 1.82) is 0 Å². The molecule has 0 amide bonds. The van der Waals surface area contributed by atoms with Crippen LogP contribution in [0.25, 0.3) is 0 Å². The molecule has 2 heteroatoms. The molecule has 0 spiro atoms. The predicted molar refractivity (Wildman–Crippen MR) is 83.5 cm³/mol. The molecule has 0 radical (unpaired) electrons. The first-order valence-electron chi connectivity index (χ1n) is 7.31. The van der Waals surface area contributed by atoms with Crippen molar-refractivity contribution < 1.29 is 4.74 Å². The lowest BCUT2D eigenvalue weighted by atomic mass is 10.2. The molecule has 0 fully saturated rings. The van der Waals surface area contributed by atoms with Crippen molar-refractivity contribution in [1.82, 2.24) is 5.32 Å². The zero-order chi connectivity index (χ0) is 13.9. The van der Waals surface area contributed by atoms with Crippen LogP contribution in [-0.2, 0) is 17.9 Å². The second-order valence-corrected chi connectivity index (χ2v) is 4.91. The van der Waals surface area contributed by atoms with Crippen molar-refractivity contribution in [3.63, 3.8) is 0 Å². The lowest BCUT2D eigenvalue weighted by Crippen LogP contribution is -2.15. The molecule has 0 bridgehead atoms. The van der Waals surface area contributed by atoms with Gasteiger partial charge in [0.05, 0.1) is 6.61 Å². The zero-order valence-electron chi connectivity index (χ0n) is 11.9. The Morgan fingerprint density at radius 1 is 0.750 bits per heavy atom. The topological polar surface area (TPSA) is 21.3 Å². The van der Waals surface area contributed by atoms with E-state index in [-0.39, 0.29) is 0 Å². The van der Waals surface area contributed by atoms with Gasteiger partial charge in [0.25, 0.3) is 0 Å².